The molecule has 1 atom stereocenters. The number of aryl methyl sites for hydroxylation is 1. The lowest BCUT2D eigenvalue weighted by Crippen LogP contribution is -2.52. The van der Waals surface area contributed by atoms with E-state index in [4.69, 9.17) is 46.4 Å². The molecule has 1 aliphatic rings. The van der Waals surface area contributed by atoms with Gasteiger partial charge >= 0.3 is 0 Å². The number of hydrogen-bond donors (Lipinski definition) is 1. The van der Waals surface area contributed by atoms with Crippen molar-refractivity contribution in [1.82, 2.24) is 10.2 Å². The Hall–Kier alpha value is -2.49. The van der Waals surface area contributed by atoms with E-state index in [1.165, 1.54) is 35.2 Å². The highest BCUT2D eigenvalue weighted by Crippen LogP contribution is 2.33. The summed E-state index contributed by atoms with van der Waals surface area (Å²) in [4.78, 5) is 28.7. The molecule has 0 saturated heterocycles. The highest BCUT2D eigenvalue weighted by atomic mass is 35.5. The maximum Gasteiger partial charge on any atom is 0.264 e. The molecule has 3 aromatic rings. The lowest BCUT2D eigenvalue weighted by Gasteiger charge is -2.33. The zero-order valence-electron chi connectivity index (χ0n) is 23.1. The Morgan fingerprint density at radius 2 is 1.52 bits per heavy atom. The Morgan fingerprint density at radius 1 is 0.905 bits per heavy atom. The number of sulfonamides is 1. The topological polar surface area (TPSA) is 86.8 Å². The van der Waals surface area contributed by atoms with Crippen LogP contribution in [-0.2, 0) is 26.2 Å². The van der Waals surface area contributed by atoms with Gasteiger partial charge in [0, 0.05) is 27.7 Å². The fraction of sp³-hybridized carbons (Fsp3) is 0.333. The molecular weight excluding hydrogens is 640 g/mol. The first-order valence-corrected chi connectivity index (χ1v) is 16.4. The van der Waals surface area contributed by atoms with Crippen molar-refractivity contribution >= 4 is 73.9 Å². The van der Waals surface area contributed by atoms with E-state index in [0.29, 0.717) is 15.6 Å². The average molecular weight is 671 g/mol. The average Bonchev–Trinajstić information content (AvgIpc) is 3.45. The largest absolute Gasteiger partial charge is 0.352 e. The van der Waals surface area contributed by atoms with E-state index < -0.39 is 28.5 Å². The number of anilines is 1. The molecule has 0 aromatic heterocycles. The summed E-state index contributed by atoms with van der Waals surface area (Å²) in [5.74, 6) is -0.976. The maximum absolute atomic E-state index is 14.1. The lowest BCUT2D eigenvalue weighted by atomic mass is 10.1. The smallest absolute Gasteiger partial charge is 0.264 e. The van der Waals surface area contributed by atoms with Gasteiger partial charge in [-0.3, -0.25) is 13.9 Å². The van der Waals surface area contributed by atoms with Gasteiger partial charge in [0.1, 0.15) is 12.6 Å². The van der Waals surface area contributed by atoms with Gasteiger partial charge in [-0.1, -0.05) is 83.0 Å². The SMILES string of the molecule is Cc1ccc(S(=O)(=O)N(CC(=O)N(Cc2ccc(Cl)cc2Cl)C(C)C(=O)NC2CCCC2)c2cc(Cl)ccc2Cl)cc1. The van der Waals surface area contributed by atoms with E-state index in [0.717, 1.165) is 35.6 Å². The number of hydrogen-bond acceptors (Lipinski definition) is 4. The Morgan fingerprint density at radius 3 is 2.17 bits per heavy atom. The lowest BCUT2D eigenvalue weighted by molar-refractivity contribution is -0.139. The van der Waals surface area contributed by atoms with Gasteiger partial charge in [-0.25, -0.2) is 8.42 Å². The van der Waals surface area contributed by atoms with Crippen LogP contribution in [0.3, 0.4) is 0 Å². The zero-order chi connectivity index (χ0) is 30.6. The van der Waals surface area contributed by atoms with Gasteiger partial charge in [0.2, 0.25) is 11.8 Å². The molecule has 0 spiro atoms. The quantitative estimate of drug-likeness (QED) is 0.246. The molecule has 0 bridgehead atoms. The molecule has 3 aromatic carbocycles. The second-order valence-electron chi connectivity index (χ2n) is 10.3. The first-order chi connectivity index (χ1) is 19.9. The van der Waals surface area contributed by atoms with Crippen LogP contribution in [0.25, 0.3) is 0 Å². The van der Waals surface area contributed by atoms with E-state index in [1.807, 2.05) is 6.92 Å². The van der Waals surface area contributed by atoms with Crippen molar-refractivity contribution in [2.45, 2.75) is 63.1 Å². The van der Waals surface area contributed by atoms with Gasteiger partial charge in [-0.15, -0.1) is 0 Å². The second-order valence-corrected chi connectivity index (χ2v) is 13.9. The third kappa shape index (κ3) is 7.71. The number of nitrogens with one attached hydrogen (secondary N) is 1. The van der Waals surface area contributed by atoms with Crippen LogP contribution in [-0.4, -0.2) is 43.8 Å². The van der Waals surface area contributed by atoms with Crippen molar-refractivity contribution < 1.29 is 18.0 Å². The molecule has 7 nitrogen and oxygen atoms in total. The minimum atomic E-state index is -4.29. The van der Waals surface area contributed by atoms with Crippen LogP contribution in [0.15, 0.2) is 65.6 Å². The van der Waals surface area contributed by atoms with E-state index in [2.05, 4.69) is 5.32 Å². The number of benzene rings is 3. The zero-order valence-corrected chi connectivity index (χ0v) is 27.0. The van der Waals surface area contributed by atoms with Crippen molar-refractivity contribution in [3.8, 4) is 0 Å². The van der Waals surface area contributed by atoms with E-state index in [-0.39, 0.29) is 39.1 Å². The summed E-state index contributed by atoms with van der Waals surface area (Å²) in [6.45, 7) is 2.73. The molecule has 1 saturated carbocycles. The molecule has 0 aliphatic heterocycles. The second kappa shape index (κ2) is 13.9. The molecule has 1 fully saturated rings. The van der Waals surface area contributed by atoms with Crippen molar-refractivity contribution in [2.75, 3.05) is 10.8 Å². The summed E-state index contributed by atoms with van der Waals surface area (Å²) in [6.07, 6.45) is 3.78. The van der Waals surface area contributed by atoms with E-state index in [1.54, 1.807) is 37.3 Å². The van der Waals surface area contributed by atoms with Crippen LogP contribution < -0.4 is 9.62 Å². The van der Waals surface area contributed by atoms with Crippen LogP contribution in [0.2, 0.25) is 20.1 Å². The van der Waals surface area contributed by atoms with Gasteiger partial charge in [0.15, 0.2) is 0 Å². The summed E-state index contributed by atoms with van der Waals surface area (Å²) >= 11 is 25.2. The molecule has 0 radical (unpaired) electrons. The van der Waals surface area contributed by atoms with Gasteiger partial charge in [0.25, 0.3) is 10.0 Å². The summed E-state index contributed by atoms with van der Waals surface area (Å²) < 4.78 is 28.9. The first-order valence-electron chi connectivity index (χ1n) is 13.4. The molecule has 224 valence electrons. The van der Waals surface area contributed by atoms with Crippen LogP contribution >= 0.6 is 46.4 Å². The van der Waals surface area contributed by atoms with Crippen molar-refractivity contribution in [3.63, 3.8) is 0 Å². The van der Waals surface area contributed by atoms with E-state index in [9.17, 15) is 18.0 Å². The third-order valence-corrected chi connectivity index (χ3v) is 10.2. The molecule has 4 rings (SSSR count). The summed E-state index contributed by atoms with van der Waals surface area (Å²) in [5, 5.41) is 4.08. The number of halogens is 4. The van der Waals surface area contributed by atoms with Crippen molar-refractivity contribution in [1.29, 1.82) is 0 Å². The van der Waals surface area contributed by atoms with Gasteiger partial charge in [-0.2, -0.15) is 0 Å². The Balaban J connectivity index is 1.73. The van der Waals surface area contributed by atoms with Crippen molar-refractivity contribution in [3.05, 3.63) is 91.9 Å². The molecule has 1 unspecified atom stereocenters. The molecule has 12 heteroatoms. The highest BCUT2D eigenvalue weighted by molar-refractivity contribution is 7.92. The number of amides is 2. The first kappa shape index (κ1) is 32.4. The molecule has 1 aliphatic carbocycles. The van der Waals surface area contributed by atoms with Crippen LogP contribution in [0, 0.1) is 6.92 Å². The number of carbonyl (C=O) groups excluding carboxylic acids is 2. The van der Waals surface area contributed by atoms with Gasteiger partial charge in [-0.05, 0) is 74.7 Å². The van der Waals surface area contributed by atoms with Crippen LogP contribution in [0.5, 0.6) is 0 Å². The summed E-state index contributed by atoms with van der Waals surface area (Å²) in [7, 11) is -4.29. The monoisotopic (exact) mass is 669 g/mol. The normalized spacial score (nSPS) is 14.4. The highest BCUT2D eigenvalue weighted by Gasteiger charge is 2.34. The Labute approximate surface area is 266 Å². The fourth-order valence-corrected chi connectivity index (χ4v) is 7.16. The maximum atomic E-state index is 14.1. The minimum Gasteiger partial charge on any atom is -0.352 e. The van der Waals surface area contributed by atoms with Crippen LogP contribution in [0.1, 0.15) is 43.7 Å². The Bertz CT molecular complexity index is 1560. The molecule has 2 amide bonds. The Kier molecular flexibility index (Phi) is 10.7. The summed E-state index contributed by atoms with van der Waals surface area (Å²) in [6, 6.07) is 14.6. The fourth-order valence-electron chi connectivity index (χ4n) is 4.84. The number of rotatable bonds is 10. The molecule has 42 heavy (non-hydrogen) atoms. The molecule has 1 N–H and O–H groups in total. The van der Waals surface area contributed by atoms with Gasteiger partial charge < -0.3 is 10.2 Å². The number of nitrogens with zero attached hydrogens (tertiary/aromatic N) is 2. The van der Waals surface area contributed by atoms with Crippen LogP contribution in [0.4, 0.5) is 5.69 Å². The van der Waals surface area contributed by atoms with Crippen molar-refractivity contribution in [2.24, 2.45) is 0 Å². The minimum absolute atomic E-state index is 0.0275. The predicted molar refractivity (Wildman–Crippen MR) is 169 cm³/mol. The standard InChI is InChI=1S/C30H31Cl4N3O4S/c1-19-7-12-25(13-8-19)42(40,41)37(28-16-23(32)11-14-26(28)33)18-29(38)36(17-21-9-10-22(31)15-27(21)34)20(2)30(39)35-24-5-3-4-6-24/h7-16,20,24H,3-6,17-18H2,1-2H3,(H,35,39). The molecular formula is C30H31Cl4N3O4S. The number of carbonyl (C=O) groups is 2. The van der Waals surface area contributed by atoms with E-state index >= 15 is 0 Å². The summed E-state index contributed by atoms with van der Waals surface area (Å²) in [5.41, 5.74) is 1.44. The van der Waals surface area contributed by atoms with Gasteiger partial charge in [0.05, 0.1) is 15.6 Å². The predicted octanol–water partition coefficient (Wildman–Crippen LogP) is 7.28. The third-order valence-electron chi connectivity index (χ3n) is 7.29. The molecule has 0 heterocycles.